The molecule has 0 aliphatic carbocycles. The largest absolute Gasteiger partial charge is 0.0622 e. The van der Waals surface area contributed by atoms with E-state index in [0.717, 1.165) is 0 Å². The first kappa shape index (κ1) is 39.5. The van der Waals surface area contributed by atoms with Crippen molar-refractivity contribution in [3.8, 4) is 77.9 Å². The molecule has 0 unspecified atom stereocenters. The SMILES string of the molecule is c1ccc(-c2ccc(-c3c4cc(-c5ccccc5)ccc4c(-c4ccc(-c5ccccc5)cc4)c4cc5c(cc34)c(-c3ccccc3)c(-c3ccc4ccccc4c3)c3ccccc35)cc2)cc1. The van der Waals surface area contributed by atoms with Gasteiger partial charge in [-0.3, -0.25) is 0 Å². The van der Waals surface area contributed by atoms with Gasteiger partial charge in [0.2, 0.25) is 0 Å². The van der Waals surface area contributed by atoms with Crippen LogP contribution in [0.25, 0.3) is 132 Å². The van der Waals surface area contributed by atoms with Crippen LogP contribution in [0.5, 0.6) is 0 Å². The second-order valence-electron chi connectivity index (χ2n) is 17.9. The molecular weight excluding hydrogens is 817 g/mol. The average molecular weight is 861 g/mol. The van der Waals surface area contributed by atoms with Crippen LogP contribution in [-0.4, -0.2) is 0 Å². The molecular formula is C68H44. The van der Waals surface area contributed by atoms with Crippen LogP contribution in [0, 0.1) is 0 Å². The number of benzene rings is 13. The van der Waals surface area contributed by atoms with Gasteiger partial charge in [0.1, 0.15) is 0 Å². The fourth-order valence-corrected chi connectivity index (χ4v) is 10.8. The smallest absolute Gasteiger partial charge is 0.00201 e. The third kappa shape index (κ3) is 6.77. The van der Waals surface area contributed by atoms with Gasteiger partial charge >= 0.3 is 0 Å². The fourth-order valence-electron chi connectivity index (χ4n) is 10.8. The number of hydrogen-bond acceptors (Lipinski definition) is 0. The van der Waals surface area contributed by atoms with Gasteiger partial charge in [0.25, 0.3) is 0 Å². The van der Waals surface area contributed by atoms with Gasteiger partial charge in [0.05, 0.1) is 0 Å². The first-order valence-corrected chi connectivity index (χ1v) is 23.6. The molecule has 13 rings (SSSR count). The standard InChI is InChI=1S/C68H44/c1-5-17-45(18-6-1)49-29-34-52(35-30-49)65-59-40-39-55(47-21-9-3-10-22-47)42-61(59)66(53-36-31-50(32-37-53)46-19-7-2-8-20-46)64-44-62-60(43-63(64)65)57-27-15-16-28-58(57)68(67(62)51-24-11-4-12-25-51)56-38-33-48-23-13-14-26-54(48)41-56/h1-44H. The highest BCUT2D eigenvalue weighted by Crippen LogP contribution is 2.51. The summed E-state index contributed by atoms with van der Waals surface area (Å²) >= 11 is 0. The van der Waals surface area contributed by atoms with Crippen LogP contribution in [0.4, 0.5) is 0 Å². The van der Waals surface area contributed by atoms with Crippen molar-refractivity contribution in [3.63, 3.8) is 0 Å². The van der Waals surface area contributed by atoms with Gasteiger partial charge in [-0.2, -0.15) is 0 Å². The van der Waals surface area contributed by atoms with Gasteiger partial charge in [-0.15, -0.1) is 0 Å². The summed E-state index contributed by atoms with van der Waals surface area (Å²) < 4.78 is 0. The van der Waals surface area contributed by atoms with Crippen molar-refractivity contribution < 1.29 is 0 Å². The predicted octanol–water partition coefficient (Wildman–Crippen LogP) is 19.1. The molecule has 0 radical (unpaired) electrons. The van der Waals surface area contributed by atoms with Crippen molar-refractivity contribution in [1.29, 1.82) is 0 Å². The van der Waals surface area contributed by atoms with Gasteiger partial charge in [-0.25, -0.2) is 0 Å². The third-order valence-electron chi connectivity index (χ3n) is 14.0. The van der Waals surface area contributed by atoms with Crippen LogP contribution in [0.2, 0.25) is 0 Å². The quantitative estimate of drug-likeness (QED) is 0.111. The van der Waals surface area contributed by atoms with Gasteiger partial charge in [0, 0.05) is 0 Å². The van der Waals surface area contributed by atoms with E-state index in [-0.39, 0.29) is 0 Å². The first-order valence-electron chi connectivity index (χ1n) is 23.6. The normalized spacial score (nSPS) is 11.5. The Morgan fingerprint density at radius 1 is 0.132 bits per heavy atom. The minimum absolute atomic E-state index is 1.19. The lowest BCUT2D eigenvalue weighted by Gasteiger charge is -2.23. The molecule has 13 aromatic carbocycles. The molecule has 0 saturated carbocycles. The molecule has 0 spiro atoms. The predicted molar refractivity (Wildman–Crippen MR) is 292 cm³/mol. The fraction of sp³-hybridized carbons (Fsp3) is 0. The molecule has 0 aliphatic rings. The molecule has 0 amide bonds. The minimum Gasteiger partial charge on any atom is -0.0622 e. The van der Waals surface area contributed by atoms with Gasteiger partial charge in [0.15, 0.2) is 0 Å². The Morgan fingerprint density at radius 2 is 0.471 bits per heavy atom. The van der Waals surface area contributed by atoms with Crippen molar-refractivity contribution in [2.75, 3.05) is 0 Å². The minimum atomic E-state index is 1.19. The molecule has 0 atom stereocenters. The summed E-state index contributed by atoms with van der Waals surface area (Å²) in [5, 5.41) is 12.3. The first-order chi connectivity index (χ1) is 33.7. The lowest BCUT2D eigenvalue weighted by atomic mass is 9.80. The van der Waals surface area contributed by atoms with Crippen LogP contribution in [0.1, 0.15) is 0 Å². The molecule has 68 heavy (non-hydrogen) atoms. The van der Waals surface area contributed by atoms with Gasteiger partial charge in [-0.1, -0.05) is 243 Å². The Hall–Kier alpha value is -8.84. The van der Waals surface area contributed by atoms with E-state index >= 15 is 0 Å². The number of fused-ring (bicyclic) bond motifs is 6. The van der Waals surface area contributed by atoms with Gasteiger partial charge in [-0.05, 0) is 156 Å². The summed E-state index contributed by atoms with van der Waals surface area (Å²) in [6, 6.07) is 98.7. The van der Waals surface area contributed by atoms with E-state index < -0.39 is 0 Å². The summed E-state index contributed by atoms with van der Waals surface area (Å²) in [5.74, 6) is 0. The zero-order valence-electron chi connectivity index (χ0n) is 37.4. The van der Waals surface area contributed by atoms with E-state index in [0.29, 0.717) is 0 Å². The summed E-state index contributed by atoms with van der Waals surface area (Å²) in [4.78, 5) is 0. The molecule has 0 saturated heterocycles. The second-order valence-corrected chi connectivity index (χ2v) is 17.9. The van der Waals surface area contributed by atoms with Crippen LogP contribution in [-0.2, 0) is 0 Å². The Bertz CT molecular complexity index is 4000. The summed E-state index contributed by atoms with van der Waals surface area (Å²) in [6.45, 7) is 0. The average Bonchev–Trinajstić information content (AvgIpc) is 3.42. The lowest BCUT2D eigenvalue weighted by molar-refractivity contribution is 1.60. The van der Waals surface area contributed by atoms with E-state index in [1.54, 1.807) is 0 Å². The van der Waals surface area contributed by atoms with E-state index in [1.165, 1.54) is 132 Å². The molecule has 0 nitrogen and oxygen atoms in total. The maximum atomic E-state index is 2.54. The van der Waals surface area contributed by atoms with Crippen molar-refractivity contribution >= 4 is 53.9 Å². The molecule has 316 valence electrons. The summed E-state index contributed by atoms with van der Waals surface area (Å²) in [7, 11) is 0. The van der Waals surface area contributed by atoms with E-state index in [1.807, 2.05) is 0 Å². The van der Waals surface area contributed by atoms with E-state index in [9.17, 15) is 0 Å². The van der Waals surface area contributed by atoms with E-state index in [4.69, 9.17) is 0 Å². The van der Waals surface area contributed by atoms with Crippen LogP contribution in [0.3, 0.4) is 0 Å². The summed E-state index contributed by atoms with van der Waals surface area (Å²) in [5.41, 5.74) is 17.0. The molecule has 0 bridgehead atoms. The number of rotatable bonds is 7. The molecule has 0 fully saturated rings. The highest BCUT2D eigenvalue weighted by molar-refractivity contribution is 6.29. The molecule has 0 N–H and O–H groups in total. The van der Waals surface area contributed by atoms with Crippen LogP contribution < -0.4 is 0 Å². The maximum Gasteiger partial charge on any atom is -0.00201 e. The maximum absolute atomic E-state index is 2.54. The Balaban J connectivity index is 1.20. The summed E-state index contributed by atoms with van der Waals surface area (Å²) in [6.07, 6.45) is 0. The van der Waals surface area contributed by atoms with Crippen molar-refractivity contribution in [1.82, 2.24) is 0 Å². The van der Waals surface area contributed by atoms with Crippen molar-refractivity contribution in [2.24, 2.45) is 0 Å². The Morgan fingerprint density at radius 3 is 1.06 bits per heavy atom. The monoisotopic (exact) mass is 860 g/mol. The van der Waals surface area contributed by atoms with Crippen molar-refractivity contribution in [2.45, 2.75) is 0 Å². The molecule has 0 aliphatic heterocycles. The molecule has 0 heteroatoms. The molecule has 13 aromatic rings. The highest BCUT2D eigenvalue weighted by atomic mass is 14.3. The Kier molecular flexibility index (Phi) is 9.62. The zero-order valence-corrected chi connectivity index (χ0v) is 37.4. The highest BCUT2D eigenvalue weighted by Gasteiger charge is 2.23. The van der Waals surface area contributed by atoms with Crippen LogP contribution in [0.15, 0.2) is 267 Å². The van der Waals surface area contributed by atoms with Crippen molar-refractivity contribution in [3.05, 3.63) is 267 Å². The van der Waals surface area contributed by atoms with E-state index in [2.05, 4.69) is 267 Å². The number of hydrogen-bond donors (Lipinski definition) is 0. The third-order valence-corrected chi connectivity index (χ3v) is 14.0. The zero-order chi connectivity index (χ0) is 45.0. The van der Waals surface area contributed by atoms with Crippen LogP contribution >= 0.6 is 0 Å². The second kappa shape index (κ2) is 16.5. The Labute approximate surface area is 396 Å². The molecule has 0 heterocycles. The van der Waals surface area contributed by atoms with Gasteiger partial charge < -0.3 is 0 Å². The lowest BCUT2D eigenvalue weighted by Crippen LogP contribution is -1.95. The molecule has 0 aromatic heterocycles. The topological polar surface area (TPSA) is 0 Å².